The summed E-state index contributed by atoms with van der Waals surface area (Å²) >= 11 is 4.94. The largest absolute Gasteiger partial charge is 0.389 e. The van der Waals surface area contributed by atoms with E-state index in [0.717, 1.165) is 44.0 Å². The molecule has 0 amide bonds. The average molecular weight is 332 g/mol. The van der Waals surface area contributed by atoms with Gasteiger partial charge in [-0.15, -0.1) is 0 Å². The molecule has 1 fully saturated rings. The second kappa shape index (κ2) is 7.42. The molecule has 6 heteroatoms. The molecule has 0 aromatic heterocycles. The molecular formula is C17H21FN4S. The van der Waals surface area contributed by atoms with E-state index < -0.39 is 0 Å². The highest BCUT2D eigenvalue weighted by atomic mass is 32.1. The molecule has 2 N–H and O–H groups in total. The van der Waals surface area contributed by atoms with E-state index in [0.29, 0.717) is 11.1 Å². The van der Waals surface area contributed by atoms with Crippen LogP contribution in [-0.4, -0.2) is 36.1 Å². The van der Waals surface area contributed by atoms with Gasteiger partial charge in [-0.3, -0.25) is 0 Å². The fourth-order valence-corrected chi connectivity index (χ4v) is 2.96. The Morgan fingerprint density at radius 1 is 1.30 bits per heavy atom. The van der Waals surface area contributed by atoms with Crippen LogP contribution in [0.15, 0.2) is 29.5 Å². The van der Waals surface area contributed by atoms with Gasteiger partial charge in [0.2, 0.25) is 0 Å². The number of rotatable bonds is 3. The van der Waals surface area contributed by atoms with E-state index in [2.05, 4.69) is 15.9 Å². The molecule has 2 rings (SSSR count). The second-order valence-corrected chi connectivity index (χ2v) is 6.14. The summed E-state index contributed by atoms with van der Waals surface area (Å²) in [4.78, 5) is 4.43. The van der Waals surface area contributed by atoms with Crippen molar-refractivity contribution in [2.24, 2.45) is 5.73 Å². The van der Waals surface area contributed by atoms with Gasteiger partial charge in [0.25, 0.3) is 0 Å². The van der Waals surface area contributed by atoms with Crippen molar-refractivity contribution in [2.75, 3.05) is 31.1 Å². The van der Waals surface area contributed by atoms with Crippen LogP contribution in [0.5, 0.6) is 0 Å². The van der Waals surface area contributed by atoms with Crippen LogP contribution in [0.2, 0.25) is 0 Å². The van der Waals surface area contributed by atoms with Crippen LogP contribution >= 0.6 is 12.2 Å². The zero-order valence-corrected chi connectivity index (χ0v) is 14.3. The number of aryl methyl sites for hydroxylation is 1. The van der Waals surface area contributed by atoms with Crippen molar-refractivity contribution < 1.29 is 4.39 Å². The Kier molecular flexibility index (Phi) is 5.56. The van der Waals surface area contributed by atoms with E-state index in [4.69, 9.17) is 18.0 Å². The molecular weight excluding hydrogens is 311 g/mol. The Bertz CT molecular complexity index is 678. The lowest BCUT2D eigenvalue weighted by molar-refractivity contribution is 0.369. The third kappa shape index (κ3) is 3.99. The quantitative estimate of drug-likeness (QED) is 0.524. The number of nitrogens with zero attached hydrogens (tertiary/aromatic N) is 3. The van der Waals surface area contributed by atoms with Crippen molar-refractivity contribution in [1.29, 1.82) is 5.26 Å². The molecule has 4 nitrogen and oxygen atoms in total. The van der Waals surface area contributed by atoms with Gasteiger partial charge in [0, 0.05) is 37.6 Å². The predicted molar refractivity (Wildman–Crippen MR) is 94.6 cm³/mol. The van der Waals surface area contributed by atoms with Crippen molar-refractivity contribution in [3.8, 4) is 6.07 Å². The Labute approximate surface area is 142 Å². The van der Waals surface area contributed by atoms with Crippen LogP contribution in [0.4, 0.5) is 10.1 Å². The number of halogens is 1. The molecule has 1 aromatic rings. The zero-order chi connectivity index (χ0) is 17.0. The first-order valence-electron chi connectivity index (χ1n) is 7.61. The fraction of sp³-hybridized carbons (Fsp3) is 0.412. The lowest BCUT2D eigenvalue weighted by Gasteiger charge is -2.26. The Morgan fingerprint density at radius 3 is 2.65 bits per heavy atom. The van der Waals surface area contributed by atoms with E-state index in [1.54, 1.807) is 19.1 Å². The van der Waals surface area contributed by atoms with Gasteiger partial charge in [-0.05, 0) is 38.0 Å². The predicted octanol–water partition coefficient (Wildman–Crippen LogP) is 2.73. The average Bonchev–Trinajstić information content (AvgIpc) is 2.76. The smallest absolute Gasteiger partial charge is 0.128 e. The molecule has 0 unspecified atom stereocenters. The first-order chi connectivity index (χ1) is 10.9. The minimum Gasteiger partial charge on any atom is -0.389 e. The minimum atomic E-state index is -0.181. The van der Waals surface area contributed by atoms with E-state index in [1.807, 2.05) is 13.0 Å². The molecule has 1 saturated heterocycles. The summed E-state index contributed by atoms with van der Waals surface area (Å²) in [6, 6.07) is 7.43. The molecule has 0 aliphatic carbocycles. The first-order valence-corrected chi connectivity index (χ1v) is 8.01. The normalized spacial score (nSPS) is 16.4. The molecule has 1 aliphatic heterocycles. The molecule has 1 aliphatic rings. The Morgan fingerprint density at radius 2 is 2.04 bits per heavy atom. The zero-order valence-electron chi connectivity index (χ0n) is 13.5. The molecule has 0 saturated carbocycles. The summed E-state index contributed by atoms with van der Waals surface area (Å²) in [5, 5.41) is 9.20. The van der Waals surface area contributed by atoms with E-state index in [9.17, 15) is 9.65 Å². The highest BCUT2D eigenvalue weighted by Gasteiger charge is 2.18. The maximum Gasteiger partial charge on any atom is 0.128 e. The minimum absolute atomic E-state index is 0.131. The van der Waals surface area contributed by atoms with Gasteiger partial charge in [0.1, 0.15) is 22.4 Å². The maximum absolute atomic E-state index is 13.8. The van der Waals surface area contributed by atoms with Crippen molar-refractivity contribution in [3.05, 3.63) is 40.8 Å². The number of hydrogen-bond donors (Lipinski definition) is 1. The number of nitriles is 1. The summed E-state index contributed by atoms with van der Waals surface area (Å²) < 4.78 is 13.8. The molecule has 0 bridgehead atoms. The van der Waals surface area contributed by atoms with Crippen molar-refractivity contribution in [3.63, 3.8) is 0 Å². The third-order valence-electron chi connectivity index (χ3n) is 4.21. The van der Waals surface area contributed by atoms with Gasteiger partial charge in [-0.1, -0.05) is 18.3 Å². The van der Waals surface area contributed by atoms with Crippen molar-refractivity contribution >= 4 is 22.9 Å². The summed E-state index contributed by atoms with van der Waals surface area (Å²) in [6.45, 7) is 6.81. The monoisotopic (exact) mass is 332 g/mol. The molecule has 0 radical (unpaired) electrons. The lowest BCUT2D eigenvalue weighted by atomic mass is 10.2. The standard InChI is InChI=1S/C17H21FN4S/c1-12-4-5-14(10-16(12)18)22-7-3-6-21(8-9-22)13(2)15(11-19)17(20)23/h4-5,10H,3,6-9H2,1-2H3,(H2,20,23)/b15-13-. The maximum atomic E-state index is 13.8. The van der Waals surface area contributed by atoms with Gasteiger partial charge < -0.3 is 15.5 Å². The summed E-state index contributed by atoms with van der Waals surface area (Å²) in [5.41, 5.74) is 8.35. The highest BCUT2D eigenvalue weighted by Crippen LogP contribution is 2.21. The third-order valence-corrected chi connectivity index (χ3v) is 4.41. The molecule has 0 spiro atoms. The van der Waals surface area contributed by atoms with Gasteiger partial charge >= 0.3 is 0 Å². The number of thiocarbonyl (C=S) groups is 1. The number of hydrogen-bond acceptors (Lipinski definition) is 4. The van der Waals surface area contributed by atoms with E-state index in [-0.39, 0.29) is 10.8 Å². The highest BCUT2D eigenvalue weighted by molar-refractivity contribution is 7.80. The summed E-state index contributed by atoms with van der Waals surface area (Å²) in [7, 11) is 0. The fourth-order valence-electron chi connectivity index (χ4n) is 2.76. The van der Waals surface area contributed by atoms with E-state index in [1.165, 1.54) is 0 Å². The van der Waals surface area contributed by atoms with Crippen LogP contribution in [0.1, 0.15) is 18.9 Å². The topological polar surface area (TPSA) is 56.3 Å². The van der Waals surface area contributed by atoms with Crippen LogP contribution in [0.3, 0.4) is 0 Å². The van der Waals surface area contributed by atoms with E-state index >= 15 is 0 Å². The molecule has 0 atom stereocenters. The van der Waals surface area contributed by atoms with Crippen LogP contribution in [-0.2, 0) is 0 Å². The van der Waals surface area contributed by atoms with Gasteiger partial charge in [0.15, 0.2) is 0 Å². The molecule has 1 aromatic carbocycles. The molecule has 23 heavy (non-hydrogen) atoms. The SMILES string of the molecule is C/C(=C(\C#N)C(N)=S)N1CCCN(c2ccc(C)c(F)c2)CC1. The van der Waals surface area contributed by atoms with Crippen molar-refractivity contribution in [1.82, 2.24) is 4.90 Å². The van der Waals surface area contributed by atoms with Crippen LogP contribution in [0, 0.1) is 24.1 Å². The molecule has 1 heterocycles. The molecule has 122 valence electrons. The Hall–Kier alpha value is -2.13. The number of benzene rings is 1. The second-order valence-electron chi connectivity index (χ2n) is 5.70. The number of allylic oxidation sites excluding steroid dienone is 1. The number of anilines is 1. The van der Waals surface area contributed by atoms with Crippen molar-refractivity contribution in [2.45, 2.75) is 20.3 Å². The lowest BCUT2D eigenvalue weighted by Crippen LogP contribution is -2.31. The van der Waals surface area contributed by atoms with Crippen LogP contribution < -0.4 is 10.6 Å². The summed E-state index contributed by atoms with van der Waals surface area (Å²) in [5.74, 6) is -0.181. The first kappa shape index (κ1) is 17.2. The van der Waals surface area contributed by atoms with Gasteiger partial charge in [-0.2, -0.15) is 5.26 Å². The summed E-state index contributed by atoms with van der Waals surface area (Å²) in [6.07, 6.45) is 0.920. The van der Waals surface area contributed by atoms with Gasteiger partial charge in [0.05, 0.1) is 0 Å². The van der Waals surface area contributed by atoms with Gasteiger partial charge in [-0.25, -0.2) is 4.39 Å². The Balaban J connectivity index is 2.15. The van der Waals surface area contributed by atoms with Crippen LogP contribution in [0.25, 0.3) is 0 Å². The number of nitrogens with two attached hydrogens (primary N) is 1.